The van der Waals surface area contributed by atoms with Gasteiger partial charge >= 0.3 is 0 Å². The summed E-state index contributed by atoms with van der Waals surface area (Å²) in [6, 6.07) is 0. The van der Waals surface area contributed by atoms with Crippen LogP contribution >= 0.6 is 0 Å². The van der Waals surface area contributed by atoms with Crippen LogP contribution < -0.4 is 0 Å². The summed E-state index contributed by atoms with van der Waals surface area (Å²) < 4.78 is 6.62. The van der Waals surface area contributed by atoms with Gasteiger partial charge in [-0.25, -0.2) is 0 Å². The maximum absolute atomic E-state index is 9.28. The standard InChI is InChI=1S/C24H31NO2/c1-2-23-8-6-15-14-5-4-13(25-26)10-16(14)17-11-18(17)21(15)22(23)19-12-20(19)24(23)7-3-9-27-24/h3,7,10,14-15,17-22,26H,2,4-6,8-9,11-12H2,1H3/t14-,15?,17?,18?,19?,20?,21?,22?,23+,24+/m1/s1. The van der Waals surface area contributed by atoms with Crippen LogP contribution in [0.1, 0.15) is 51.9 Å². The summed E-state index contributed by atoms with van der Waals surface area (Å²) in [5, 5.41) is 12.8. The number of rotatable bonds is 1. The molecule has 7 rings (SSSR count). The maximum Gasteiger partial charge on any atom is 0.0957 e. The number of hydrogen-bond donors (Lipinski definition) is 1. The molecular formula is C24H31NO2. The lowest BCUT2D eigenvalue weighted by Gasteiger charge is -2.58. The highest BCUT2D eigenvalue weighted by Gasteiger charge is 2.79. The molecule has 0 saturated heterocycles. The van der Waals surface area contributed by atoms with E-state index < -0.39 is 0 Å². The van der Waals surface area contributed by atoms with Crippen LogP contribution in [0.25, 0.3) is 0 Å². The molecule has 5 fully saturated rings. The average Bonchev–Trinajstić information content (AvgIpc) is 3.62. The lowest BCUT2D eigenvalue weighted by Crippen LogP contribution is -2.56. The average molecular weight is 366 g/mol. The summed E-state index contributed by atoms with van der Waals surface area (Å²) in [7, 11) is 0. The van der Waals surface area contributed by atoms with Gasteiger partial charge in [-0.05, 0) is 98.4 Å². The van der Waals surface area contributed by atoms with Crippen molar-refractivity contribution in [2.24, 2.45) is 57.9 Å². The van der Waals surface area contributed by atoms with Crippen LogP contribution in [0.3, 0.4) is 0 Å². The Labute approximate surface area is 161 Å². The topological polar surface area (TPSA) is 41.8 Å². The number of fused-ring (bicyclic) bond motifs is 12. The van der Waals surface area contributed by atoms with Crippen molar-refractivity contribution in [1.29, 1.82) is 0 Å². The Bertz CT molecular complexity index is 798. The molecule has 1 N–H and O–H groups in total. The van der Waals surface area contributed by atoms with Gasteiger partial charge in [0.05, 0.1) is 17.9 Å². The van der Waals surface area contributed by atoms with E-state index in [-0.39, 0.29) is 5.60 Å². The van der Waals surface area contributed by atoms with E-state index >= 15 is 0 Å². The third-order valence-corrected chi connectivity index (χ3v) is 10.4. The van der Waals surface area contributed by atoms with E-state index in [1.807, 2.05) is 0 Å². The van der Waals surface area contributed by atoms with Gasteiger partial charge in [-0.15, -0.1) is 0 Å². The number of oxime groups is 1. The predicted molar refractivity (Wildman–Crippen MR) is 103 cm³/mol. The number of hydrogen-bond acceptors (Lipinski definition) is 3. The Morgan fingerprint density at radius 1 is 1.19 bits per heavy atom. The first-order chi connectivity index (χ1) is 13.2. The first-order valence-electron chi connectivity index (χ1n) is 11.5. The second-order valence-corrected chi connectivity index (χ2v) is 10.7. The van der Waals surface area contributed by atoms with Crippen LogP contribution in [-0.2, 0) is 4.74 Å². The minimum Gasteiger partial charge on any atom is -0.411 e. The molecule has 0 aromatic carbocycles. The molecule has 5 saturated carbocycles. The molecule has 1 aliphatic heterocycles. The first kappa shape index (κ1) is 15.8. The Kier molecular flexibility index (Phi) is 2.87. The quantitative estimate of drug-likeness (QED) is 0.411. The molecule has 3 nitrogen and oxygen atoms in total. The molecule has 0 aromatic heterocycles. The largest absolute Gasteiger partial charge is 0.411 e. The zero-order valence-electron chi connectivity index (χ0n) is 16.3. The third-order valence-electron chi connectivity index (χ3n) is 10.4. The minimum atomic E-state index is 0.0891. The summed E-state index contributed by atoms with van der Waals surface area (Å²) >= 11 is 0. The van der Waals surface area contributed by atoms with E-state index in [0.29, 0.717) is 5.41 Å². The van der Waals surface area contributed by atoms with Gasteiger partial charge < -0.3 is 9.94 Å². The minimum absolute atomic E-state index is 0.0891. The fourth-order valence-electron chi connectivity index (χ4n) is 9.57. The smallest absolute Gasteiger partial charge is 0.0957 e. The van der Waals surface area contributed by atoms with Crippen LogP contribution in [0, 0.1) is 52.8 Å². The lowest BCUT2D eigenvalue weighted by molar-refractivity contribution is -0.145. The Morgan fingerprint density at radius 3 is 2.89 bits per heavy atom. The van der Waals surface area contributed by atoms with E-state index in [9.17, 15) is 5.21 Å². The van der Waals surface area contributed by atoms with Crippen molar-refractivity contribution in [3.05, 3.63) is 23.8 Å². The first-order valence-corrected chi connectivity index (χ1v) is 11.5. The van der Waals surface area contributed by atoms with Crippen LogP contribution in [0.2, 0.25) is 0 Å². The van der Waals surface area contributed by atoms with Crippen LogP contribution in [-0.4, -0.2) is 23.1 Å². The molecule has 7 unspecified atom stereocenters. The van der Waals surface area contributed by atoms with Gasteiger partial charge in [0.15, 0.2) is 0 Å². The van der Waals surface area contributed by atoms with E-state index in [1.165, 1.54) is 38.5 Å². The molecular weight excluding hydrogens is 334 g/mol. The highest BCUT2D eigenvalue weighted by Crippen LogP contribution is 2.81. The fraction of sp³-hybridized carbons (Fsp3) is 0.792. The summed E-state index contributed by atoms with van der Waals surface area (Å²) in [5.74, 6) is 6.95. The van der Waals surface area contributed by atoms with Crippen molar-refractivity contribution >= 4 is 5.71 Å². The van der Waals surface area contributed by atoms with Crippen molar-refractivity contribution < 1.29 is 9.94 Å². The van der Waals surface area contributed by atoms with Gasteiger partial charge in [0.25, 0.3) is 0 Å². The highest BCUT2D eigenvalue weighted by atomic mass is 16.5. The second kappa shape index (κ2) is 4.90. The summed E-state index contributed by atoms with van der Waals surface area (Å²) in [6.07, 6.45) is 16.2. The molecule has 3 heteroatoms. The number of ether oxygens (including phenoxy) is 1. The van der Waals surface area contributed by atoms with Crippen LogP contribution in [0.4, 0.5) is 0 Å². The van der Waals surface area contributed by atoms with Gasteiger partial charge in [0.2, 0.25) is 0 Å². The van der Waals surface area contributed by atoms with Crippen LogP contribution in [0.5, 0.6) is 0 Å². The fourth-order valence-corrected chi connectivity index (χ4v) is 9.57. The zero-order chi connectivity index (χ0) is 18.0. The maximum atomic E-state index is 9.28. The Hall–Kier alpha value is -1.09. The van der Waals surface area contributed by atoms with Gasteiger partial charge in [0, 0.05) is 5.41 Å². The van der Waals surface area contributed by atoms with Gasteiger partial charge in [0.1, 0.15) is 0 Å². The van der Waals surface area contributed by atoms with E-state index in [4.69, 9.17) is 4.74 Å². The molecule has 10 atom stereocenters. The monoisotopic (exact) mass is 365 g/mol. The van der Waals surface area contributed by atoms with Gasteiger partial charge in [-0.3, -0.25) is 0 Å². The molecule has 0 amide bonds. The number of nitrogens with zero attached hydrogens (tertiary/aromatic N) is 1. The Balaban J connectivity index is 1.32. The number of allylic oxidation sites excluding steroid dienone is 2. The third kappa shape index (κ3) is 1.65. The second-order valence-electron chi connectivity index (χ2n) is 10.7. The van der Waals surface area contributed by atoms with Crippen molar-refractivity contribution in [1.82, 2.24) is 0 Å². The summed E-state index contributed by atoms with van der Waals surface area (Å²) in [6.45, 7) is 3.30. The normalized spacial score (nSPS) is 60.3. The molecule has 7 aliphatic rings. The molecule has 27 heavy (non-hydrogen) atoms. The molecule has 1 heterocycles. The van der Waals surface area contributed by atoms with E-state index in [0.717, 1.165) is 66.1 Å². The summed E-state index contributed by atoms with van der Waals surface area (Å²) in [5.41, 5.74) is 3.10. The van der Waals surface area contributed by atoms with E-state index in [2.05, 4.69) is 30.3 Å². The Morgan fingerprint density at radius 2 is 2.11 bits per heavy atom. The molecule has 0 radical (unpaired) electrons. The summed E-state index contributed by atoms with van der Waals surface area (Å²) in [4.78, 5) is 0. The molecule has 0 aromatic rings. The molecule has 6 aliphatic carbocycles. The van der Waals surface area contributed by atoms with Crippen molar-refractivity contribution in [3.63, 3.8) is 0 Å². The zero-order valence-corrected chi connectivity index (χ0v) is 16.3. The molecule has 1 spiro atoms. The van der Waals surface area contributed by atoms with Crippen molar-refractivity contribution in [2.45, 2.75) is 57.5 Å². The van der Waals surface area contributed by atoms with Crippen molar-refractivity contribution in [3.8, 4) is 0 Å². The lowest BCUT2D eigenvalue weighted by atomic mass is 9.48. The van der Waals surface area contributed by atoms with E-state index in [1.54, 1.807) is 5.57 Å². The van der Waals surface area contributed by atoms with Gasteiger partial charge in [-0.1, -0.05) is 29.8 Å². The SMILES string of the molecule is CC[C@]12CCC3C(C4CC4C4=CC(=NO)CC[C@@H]43)C1C1CC1[C@@]21C=CCO1. The van der Waals surface area contributed by atoms with Gasteiger partial charge in [-0.2, -0.15) is 0 Å². The molecule has 144 valence electrons. The molecule has 0 bridgehead atoms. The van der Waals surface area contributed by atoms with Crippen molar-refractivity contribution in [2.75, 3.05) is 6.61 Å². The van der Waals surface area contributed by atoms with Crippen LogP contribution in [0.15, 0.2) is 29.0 Å². The highest BCUT2D eigenvalue weighted by molar-refractivity contribution is 5.96. The predicted octanol–water partition coefficient (Wildman–Crippen LogP) is 4.82.